The minimum absolute atomic E-state index is 0.222. The van der Waals surface area contributed by atoms with Gasteiger partial charge >= 0.3 is 0 Å². The molecule has 2 N–H and O–H groups in total. The second kappa shape index (κ2) is 1.62. The van der Waals surface area contributed by atoms with Crippen molar-refractivity contribution < 1.29 is 13.2 Å². The van der Waals surface area contributed by atoms with Gasteiger partial charge in [0.15, 0.2) is 0 Å². The van der Waals surface area contributed by atoms with Gasteiger partial charge in [-0.3, -0.25) is 4.39 Å². The summed E-state index contributed by atoms with van der Waals surface area (Å²) in [5.41, 5.74) is 3.53. The van der Waals surface area contributed by atoms with Gasteiger partial charge in [-0.15, -0.1) is 0 Å². The molecule has 0 heterocycles. The van der Waals surface area contributed by atoms with Gasteiger partial charge < -0.3 is 5.73 Å². The zero-order chi connectivity index (χ0) is 7.12. The van der Waals surface area contributed by atoms with Gasteiger partial charge in [-0.2, -0.15) is 0 Å². The van der Waals surface area contributed by atoms with E-state index in [1.807, 2.05) is 0 Å². The van der Waals surface area contributed by atoms with Crippen molar-refractivity contribution in [3.63, 3.8) is 0 Å². The highest BCUT2D eigenvalue weighted by atomic mass is 19.3. The van der Waals surface area contributed by atoms with Crippen LogP contribution in [0.4, 0.5) is 13.2 Å². The van der Waals surface area contributed by atoms with Gasteiger partial charge in [0.05, 0.1) is 12.2 Å². The van der Waals surface area contributed by atoms with Crippen LogP contribution in [0.25, 0.3) is 0 Å². The van der Waals surface area contributed by atoms with Crippen LogP contribution in [-0.2, 0) is 0 Å². The number of alkyl halides is 3. The minimum atomic E-state index is -2.81. The summed E-state index contributed by atoms with van der Waals surface area (Å²) in [6.07, 6.45) is -0.579. The molecule has 1 rings (SSSR count). The number of hydrogen-bond donors (Lipinski definition) is 1. The van der Waals surface area contributed by atoms with Crippen LogP contribution < -0.4 is 5.73 Å². The molecule has 1 atom stereocenters. The van der Waals surface area contributed by atoms with Crippen LogP contribution in [0.5, 0.6) is 0 Å². The molecular weight excluding hydrogens is 131 g/mol. The molecule has 0 aromatic carbocycles. The van der Waals surface area contributed by atoms with Crippen LogP contribution >= 0.6 is 0 Å². The lowest BCUT2D eigenvalue weighted by Crippen LogP contribution is -2.30. The molecule has 0 aromatic heterocycles. The first-order chi connectivity index (χ1) is 4.02. The number of halogens is 3. The SMILES string of the molecule is NC1(CCF)CC1(F)F. The molecule has 0 aliphatic heterocycles. The van der Waals surface area contributed by atoms with Gasteiger partial charge in [-0.1, -0.05) is 0 Å². The van der Waals surface area contributed by atoms with Crippen molar-refractivity contribution >= 4 is 0 Å². The average Bonchev–Trinajstić information content (AvgIpc) is 2.07. The second-order valence-electron chi connectivity index (χ2n) is 2.48. The predicted molar refractivity (Wildman–Crippen MR) is 27.1 cm³/mol. The molecule has 9 heavy (non-hydrogen) atoms. The largest absolute Gasteiger partial charge is 0.320 e. The Bertz CT molecular complexity index is 125. The Balaban J connectivity index is 2.42. The molecule has 4 heteroatoms. The Morgan fingerprint density at radius 3 is 2.00 bits per heavy atom. The molecule has 0 saturated heterocycles. The van der Waals surface area contributed by atoms with Crippen LogP contribution in [0.1, 0.15) is 12.8 Å². The summed E-state index contributed by atoms with van der Waals surface area (Å²) in [5, 5.41) is 0. The summed E-state index contributed by atoms with van der Waals surface area (Å²) in [6.45, 7) is -0.758. The Labute approximate surface area is 51.0 Å². The molecule has 1 aliphatic carbocycles. The Kier molecular flexibility index (Phi) is 1.24. The zero-order valence-corrected chi connectivity index (χ0v) is 4.83. The molecule has 1 fully saturated rings. The van der Waals surface area contributed by atoms with Crippen molar-refractivity contribution in [2.45, 2.75) is 24.3 Å². The third kappa shape index (κ3) is 0.913. The van der Waals surface area contributed by atoms with E-state index < -0.39 is 18.1 Å². The monoisotopic (exact) mass is 139 g/mol. The van der Waals surface area contributed by atoms with Gasteiger partial charge in [0.2, 0.25) is 0 Å². The minimum Gasteiger partial charge on any atom is -0.320 e. The lowest BCUT2D eigenvalue weighted by atomic mass is 10.2. The van der Waals surface area contributed by atoms with E-state index in [9.17, 15) is 13.2 Å². The third-order valence-electron chi connectivity index (χ3n) is 1.68. The molecule has 0 spiro atoms. The Morgan fingerprint density at radius 1 is 1.44 bits per heavy atom. The van der Waals surface area contributed by atoms with Crippen LogP contribution in [0.3, 0.4) is 0 Å². The molecule has 1 saturated carbocycles. The first kappa shape index (κ1) is 6.86. The lowest BCUT2D eigenvalue weighted by molar-refractivity contribution is 0.0851. The Morgan fingerprint density at radius 2 is 1.89 bits per heavy atom. The first-order valence-corrected chi connectivity index (χ1v) is 2.74. The smallest absolute Gasteiger partial charge is 0.268 e. The highest BCUT2D eigenvalue weighted by molar-refractivity contribution is 5.15. The topological polar surface area (TPSA) is 26.0 Å². The molecule has 1 nitrogen and oxygen atoms in total. The molecule has 0 bridgehead atoms. The van der Waals surface area contributed by atoms with Gasteiger partial charge in [0.1, 0.15) is 0 Å². The van der Waals surface area contributed by atoms with Crippen molar-refractivity contribution in [1.29, 1.82) is 0 Å². The van der Waals surface area contributed by atoms with Gasteiger partial charge in [-0.25, -0.2) is 8.78 Å². The zero-order valence-electron chi connectivity index (χ0n) is 4.83. The summed E-state index contributed by atoms with van der Waals surface area (Å²) >= 11 is 0. The van der Waals surface area contributed by atoms with Crippen LogP contribution in [-0.4, -0.2) is 18.1 Å². The average molecular weight is 139 g/mol. The van der Waals surface area contributed by atoms with E-state index in [1.165, 1.54) is 0 Å². The molecule has 0 aromatic rings. The van der Waals surface area contributed by atoms with E-state index in [0.717, 1.165) is 0 Å². The Hall–Kier alpha value is -0.250. The number of nitrogens with two attached hydrogens (primary N) is 1. The van der Waals surface area contributed by atoms with Crippen LogP contribution in [0.15, 0.2) is 0 Å². The number of rotatable bonds is 2. The van der Waals surface area contributed by atoms with Crippen molar-refractivity contribution in [3.8, 4) is 0 Å². The van der Waals surface area contributed by atoms with Gasteiger partial charge in [0, 0.05) is 6.42 Å². The third-order valence-corrected chi connectivity index (χ3v) is 1.68. The lowest BCUT2D eigenvalue weighted by Gasteiger charge is -2.04. The maximum atomic E-state index is 12.1. The van der Waals surface area contributed by atoms with Crippen molar-refractivity contribution in [1.82, 2.24) is 0 Å². The summed E-state index contributed by atoms with van der Waals surface area (Å²) in [7, 11) is 0. The summed E-state index contributed by atoms with van der Waals surface area (Å²) in [5.74, 6) is -2.81. The van der Waals surface area contributed by atoms with Crippen LogP contribution in [0, 0.1) is 0 Å². The van der Waals surface area contributed by atoms with Crippen LogP contribution in [0.2, 0.25) is 0 Å². The fourth-order valence-electron chi connectivity index (χ4n) is 0.792. The summed E-state index contributed by atoms with van der Waals surface area (Å²) in [6, 6.07) is 0. The molecule has 1 aliphatic rings. The maximum absolute atomic E-state index is 12.1. The predicted octanol–water partition coefficient (Wildman–Crippen LogP) is 1.08. The normalized spacial score (nSPS) is 38.7. The van der Waals surface area contributed by atoms with E-state index >= 15 is 0 Å². The van der Waals surface area contributed by atoms with E-state index in [4.69, 9.17) is 5.73 Å². The number of hydrogen-bond acceptors (Lipinski definition) is 1. The van der Waals surface area contributed by atoms with Gasteiger partial charge in [-0.05, 0) is 6.42 Å². The standard InChI is InChI=1S/C5H8F3N/c6-2-1-4(9)3-5(4,7)8/h1-3,9H2. The van der Waals surface area contributed by atoms with Crippen molar-refractivity contribution in [2.24, 2.45) is 5.73 Å². The van der Waals surface area contributed by atoms with E-state index in [2.05, 4.69) is 0 Å². The summed E-state index contributed by atoms with van der Waals surface area (Å²) in [4.78, 5) is 0. The molecule has 0 radical (unpaired) electrons. The van der Waals surface area contributed by atoms with Crippen molar-refractivity contribution in [3.05, 3.63) is 0 Å². The van der Waals surface area contributed by atoms with E-state index in [1.54, 1.807) is 0 Å². The highest BCUT2D eigenvalue weighted by Gasteiger charge is 2.68. The summed E-state index contributed by atoms with van der Waals surface area (Å²) < 4.78 is 35.6. The van der Waals surface area contributed by atoms with E-state index in [-0.39, 0.29) is 12.8 Å². The van der Waals surface area contributed by atoms with E-state index in [0.29, 0.717) is 0 Å². The maximum Gasteiger partial charge on any atom is 0.268 e. The van der Waals surface area contributed by atoms with Gasteiger partial charge in [0.25, 0.3) is 5.92 Å². The molecule has 1 unspecified atom stereocenters. The molecule has 54 valence electrons. The molecular formula is C5H8F3N. The van der Waals surface area contributed by atoms with Crippen molar-refractivity contribution in [2.75, 3.05) is 6.67 Å². The second-order valence-corrected chi connectivity index (χ2v) is 2.48. The quantitative estimate of drug-likeness (QED) is 0.608. The fraction of sp³-hybridized carbons (Fsp3) is 1.00. The first-order valence-electron chi connectivity index (χ1n) is 2.74. The molecule has 0 amide bonds. The fourth-order valence-corrected chi connectivity index (χ4v) is 0.792. The highest BCUT2D eigenvalue weighted by Crippen LogP contribution is 2.52.